The molecule has 1 rings (SSSR count). The fourth-order valence-corrected chi connectivity index (χ4v) is 1.90. The van der Waals surface area contributed by atoms with Gasteiger partial charge >= 0.3 is 0 Å². The Balaban J connectivity index is 3.18. The largest absolute Gasteiger partial charge is 0.297 e. The maximum absolute atomic E-state index is 10.2. The van der Waals surface area contributed by atoms with Gasteiger partial charge in [-0.1, -0.05) is 21.4 Å². The summed E-state index contributed by atoms with van der Waals surface area (Å²) in [6.07, 6.45) is 0.880. The number of carbonyl (C=O) groups excluding carboxylic acids is 1. The van der Waals surface area contributed by atoms with Gasteiger partial charge in [0.15, 0.2) is 6.29 Å². The van der Waals surface area contributed by atoms with Gasteiger partial charge in [0.05, 0.1) is 4.88 Å². The Morgan fingerprint density at radius 1 is 1.78 bits per heavy atom. The zero-order valence-corrected chi connectivity index (χ0v) is 7.25. The highest BCUT2D eigenvalue weighted by atomic mass is 79.9. The van der Waals surface area contributed by atoms with E-state index in [1.54, 1.807) is 0 Å². The molecule has 0 atom stereocenters. The summed E-state index contributed by atoms with van der Waals surface area (Å²) in [6.45, 7) is 0. The Morgan fingerprint density at radius 3 is 2.67 bits per heavy atom. The molecule has 1 heterocycles. The number of halogens is 1. The molecule has 0 aliphatic heterocycles. The number of aldehydes is 1. The maximum atomic E-state index is 10.2. The molecule has 1 aromatic rings. The quantitative estimate of drug-likeness (QED) is 0.481. The zero-order valence-electron chi connectivity index (χ0n) is 4.85. The van der Waals surface area contributed by atoms with Crippen LogP contribution in [0.4, 0.5) is 0 Å². The fraction of sp³-hybridized carbons (Fsp3) is 0. The first-order valence-electron chi connectivity index (χ1n) is 2.44. The fourth-order valence-electron chi connectivity index (χ4n) is 0.526. The van der Waals surface area contributed by atoms with Crippen molar-refractivity contribution in [2.45, 2.75) is 0 Å². The molecule has 0 amide bonds. The second-order valence-corrected chi connectivity index (χ2v) is 3.46. The number of hydrogen-bond acceptors (Lipinski definition) is 2. The van der Waals surface area contributed by atoms with E-state index in [1.165, 1.54) is 11.3 Å². The lowest BCUT2D eigenvalue weighted by Crippen LogP contribution is -2.04. The van der Waals surface area contributed by atoms with Crippen molar-refractivity contribution in [3.63, 3.8) is 0 Å². The molecule has 0 aliphatic carbocycles. The van der Waals surface area contributed by atoms with E-state index in [9.17, 15) is 4.79 Å². The molecule has 0 saturated carbocycles. The molecule has 0 fully saturated rings. The molecule has 1 nitrogen and oxygen atoms in total. The van der Waals surface area contributed by atoms with Gasteiger partial charge in [-0.3, -0.25) is 4.79 Å². The Hall–Kier alpha value is -0.0851. The van der Waals surface area contributed by atoms with Gasteiger partial charge in [0, 0.05) is 9.85 Å². The second-order valence-electron chi connectivity index (χ2n) is 1.69. The lowest BCUT2D eigenvalue weighted by Gasteiger charge is -1.84. The predicted molar refractivity (Wildman–Crippen MR) is 45.6 cm³/mol. The molecule has 1 aromatic heterocycles. The molecule has 0 bridgehead atoms. The zero-order chi connectivity index (χ0) is 6.85. The lowest BCUT2D eigenvalue weighted by atomic mass is 9.98. The van der Waals surface area contributed by atoms with E-state index in [1.807, 2.05) is 13.2 Å². The van der Waals surface area contributed by atoms with Crippen LogP contribution in [0.1, 0.15) is 9.67 Å². The van der Waals surface area contributed by atoms with E-state index in [4.69, 9.17) is 0 Å². The van der Waals surface area contributed by atoms with Crippen LogP contribution in [0.3, 0.4) is 0 Å². The van der Waals surface area contributed by atoms with E-state index in [-0.39, 0.29) is 0 Å². The second kappa shape index (κ2) is 2.67. The minimum Gasteiger partial charge on any atom is -0.297 e. The summed E-state index contributed by atoms with van der Waals surface area (Å²) >= 11 is 4.77. The van der Waals surface area contributed by atoms with Gasteiger partial charge in [-0.05, 0) is 0 Å². The van der Waals surface area contributed by atoms with Crippen molar-refractivity contribution >= 4 is 46.9 Å². The van der Waals surface area contributed by atoms with Gasteiger partial charge in [0.25, 0.3) is 0 Å². The summed E-state index contributed by atoms with van der Waals surface area (Å²) in [4.78, 5) is 11.0. The van der Waals surface area contributed by atoms with Crippen molar-refractivity contribution < 1.29 is 4.79 Å². The molecular formula is C5H4BBrOS. The number of hydrogen-bond donors (Lipinski definition) is 0. The highest BCUT2D eigenvalue weighted by molar-refractivity contribution is 9.10. The smallest absolute Gasteiger partial charge is 0.159 e. The first kappa shape index (κ1) is 7.03. The van der Waals surface area contributed by atoms with Crippen LogP contribution in [0.25, 0.3) is 0 Å². The molecule has 0 N–H and O–H groups in total. The molecule has 0 saturated heterocycles. The van der Waals surface area contributed by atoms with Crippen LogP contribution in [0.15, 0.2) is 9.85 Å². The molecule has 0 radical (unpaired) electrons. The van der Waals surface area contributed by atoms with Gasteiger partial charge in [0.1, 0.15) is 7.85 Å². The van der Waals surface area contributed by atoms with Crippen LogP contribution in [-0.2, 0) is 0 Å². The molecule has 0 spiro atoms. The lowest BCUT2D eigenvalue weighted by molar-refractivity contribution is 0.112. The first-order chi connectivity index (χ1) is 4.25. The number of carbonyl (C=O) groups is 1. The van der Waals surface area contributed by atoms with Crippen LogP contribution < -0.4 is 5.46 Å². The Bertz CT molecular complexity index is 233. The molecule has 0 aromatic carbocycles. The average Bonchev–Trinajstić information content (AvgIpc) is 2.15. The van der Waals surface area contributed by atoms with Crippen molar-refractivity contribution in [1.29, 1.82) is 0 Å². The van der Waals surface area contributed by atoms with Gasteiger partial charge in [-0.2, -0.15) is 0 Å². The topological polar surface area (TPSA) is 17.1 Å². The van der Waals surface area contributed by atoms with E-state index in [0.717, 1.165) is 21.1 Å². The van der Waals surface area contributed by atoms with Crippen molar-refractivity contribution in [3.8, 4) is 0 Å². The summed E-state index contributed by atoms with van der Waals surface area (Å²) < 4.78 is 1.02. The van der Waals surface area contributed by atoms with Crippen LogP contribution in [0.2, 0.25) is 0 Å². The van der Waals surface area contributed by atoms with E-state index in [2.05, 4.69) is 15.9 Å². The minimum atomic E-state index is 0.807. The Morgan fingerprint density at radius 2 is 2.44 bits per heavy atom. The SMILES string of the molecule is Bc1c(Br)csc1C=O. The molecule has 0 aliphatic rings. The molecular weight excluding hydrogens is 199 g/mol. The summed E-state index contributed by atoms with van der Waals surface area (Å²) in [7, 11) is 1.92. The van der Waals surface area contributed by atoms with Crippen LogP contribution in [0.5, 0.6) is 0 Å². The van der Waals surface area contributed by atoms with Crippen molar-refractivity contribution in [3.05, 3.63) is 14.7 Å². The normalized spacial score (nSPS) is 9.44. The Labute approximate surface area is 66.6 Å². The van der Waals surface area contributed by atoms with Crippen molar-refractivity contribution in [1.82, 2.24) is 0 Å². The third kappa shape index (κ3) is 1.24. The number of thiophene rings is 1. The first-order valence-corrected chi connectivity index (χ1v) is 4.11. The molecule has 0 unspecified atom stereocenters. The standard InChI is InChI=1S/C5H4BBrOS/c6-5-3(7)2-9-4(5)1-8/h1-2H,6H2. The third-order valence-electron chi connectivity index (χ3n) is 1.12. The van der Waals surface area contributed by atoms with E-state index in [0.29, 0.717) is 0 Å². The van der Waals surface area contributed by atoms with Gasteiger partial charge < -0.3 is 0 Å². The molecule has 9 heavy (non-hydrogen) atoms. The van der Waals surface area contributed by atoms with Crippen LogP contribution in [-0.4, -0.2) is 14.1 Å². The average molecular weight is 203 g/mol. The van der Waals surface area contributed by atoms with Gasteiger partial charge in [-0.15, -0.1) is 11.3 Å². The third-order valence-corrected chi connectivity index (χ3v) is 3.26. The molecule has 4 heteroatoms. The minimum absolute atomic E-state index is 0.807. The summed E-state index contributed by atoms with van der Waals surface area (Å²) in [5, 5.41) is 1.92. The molecule has 46 valence electrons. The van der Waals surface area contributed by atoms with Crippen molar-refractivity contribution in [2.24, 2.45) is 0 Å². The predicted octanol–water partition coefficient (Wildman–Crippen LogP) is 0.581. The van der Waals surface area contributed by atoms with E-state index < -0.39 is 0 Å². The highest BCUT2D eigenvalue weighted by Crippen LogP contribution is 2.13. The summed E-state index contributed by atoms with van der Waals surface area (Å²) in [5.74, 6) is 0. The van der Waals surface area contributed by atoms with Gasteiger partial charge in [-0.25, -0.2) is 0 Å². The summed E-state index contributed by atoms with van der Waals surface area (Å²) in [6, 6.07) is 0. The van der Waals surface area contributed by atoms with Gasteiger partial charge in [0.2, 0.25) is 0 Å². The monoisotopic (exact) mass is 202 g/mol. The van der Waals surface area contributed by atoms with Crippen molar-refractivity contribution in [2.75, 3.05) is 0 Å². The van der Waals surface area contributed by atoms with Crippen LogP contribution >= 0.6 is 27.3 Å². The Kier molecular flexibility index (Phi) is 2.08. The summed E-state index contributed by atoms with van der Waals surface area (Å²) in [5.41, 5.74) is 1.04. The maximum Gasteiger partial charge on any atom is 0.159 e. The van der Waals surface area contributed by atoms with E-state index >= 15 is 0 Å². The van der Waals surface area contributed by atoms with Crippen LogP contribution in [0, 0.1) is 0 Å². The highest BCUT2D eigenvalue weighted by Gasteiger charge is 2.01. The number of rotatable bonds is 1.